The minimum atomic E-state index is 0. The number of alkyl halides is 1. The van der Waals surface area contributed by atoms with Gasteiger partial charge in [-0.05, 0) is 31.6 Å². The van der Waals surface area contributed by atoms with E-state index in [0.717, 1.165) is 4.48 Å². The summed E-state index contributed by atoms with van der Waals surface area (Å²) in [5.41, 5.74) is 0. The molecule has 0 fully saturated rings. The maximum Gasteiger partial charge on any atom is 0.200 e. The summed E-state index contributed by atoms with van der Waals surface area (Å²) in [6.45, 7) is 7.06. The van der Waals surface area contributed by atoms with E-state index >= 15 is 0 Å². The molecule has 0 bridgehead atoms. The maximum absolute atomic E-state index is 5.72. The van der Waals surface area contributed by atoms with Crippen molar-refractivity contribution in [1.82, 2.24) is 0 Å². The molecular weight excluding hydrogens is 417 g/mol. The third-order valence-corrected chi connectivity index (χ3v) is 6.43. The van der Waals surface area contributed by atoms with Crippen molar-refractivity contribution in [1.29, 1.82) is 0 Å². The van der Waals surface area contributed by atoms with E-state index in [1.807, 2.05) is 0 Å². The van der Waals surface area contributed by atoms with Gasteiger partial charge >= 0.3 is 0 Å². The van der Waals surface area contributed by atoms with Crippen LogP contribution in [0, 0.1) is 12.3 Å². The number of rotatable bonds is 15. The van der Waals surface area contributed by atoms with Crippen molar-refractivity contribution in [2.45, 2.75) is 94.9 Å². The molecule has 0 heterocycles. The molecule has 0 amide bonds. The number of nitrogens with zero attached hydrogens (tertiary/aromatic N) is 1. The molecule has 1 nitrogen and oxygen atoms in total. The fraction of sp³-hybridized carbons (Fsp3) is 0.900. The number of terminal acetylenes is 1. The van der Waals surface area contributed by atoms with E-state index in [4.69, 9.17) is 6.42 Å². The minimum absolute atomic E-state index is 0. The summed E-state index contributed by atoms with van der Waals surface area (Å²) in [7, 11) is 2.37. The lowest BCUT2D eigenvalue weighted by Gasteiger charge is -2.37. The van der Waals surface area contributed by atoms with Crippen LogP contribution in [-0.2, 0) is 0 Å². The van der Waals surface area contributed by atoms with Crippen molar-refractivity contribution in [3.8, 4) is 12.3 Å². The molecular formula is C20H39ClIN. The normalized spacial score (nSPS) is 12.5. The number of hydrogen-bond donors (Lipinski definition) is 0. The quantitative estimate of drug-likeness (QED) is 0.0884. The summed E-state index contributed by atoms with van der Waals surface area (Å²) in [5, 5.41) is 0. The highest BCUT2D eigenvalue weighted by atomic mass is 127. The third kappa shape index (κ3) is 13.5. The number of hydrogen-bond acceptors (Lipinski definition) is 0. The Morgan fingerprint density at radius 3 is 1.48 bits per heavy atom. The summed E-state index contributed by atoms with van der Waals surface area (Å²) in [6, 6.07) is 0. The van der Waals surface area contributed by atoms with Crippen LogP contribution in [0.4, 0.5) is 0 Å². The van der Waals surface area contributed by atoms with Gasteiger partial charge in [-0.3, -0.25) is 0 Å². The van der Waals surface area contributed by atoms with Crippen molar-refractivity contribution >= 4 is 22.6 Å². The first-order valence-electron chi connectivity index (χ1n) is 9.55. The van der Waals surface area contributed by atoms with Gasteiger partial charge in [-0.1, -0.05) is 65.2 Å². The molecule has 3 heteroatoms. The molecule has 0 aliphatic heterocycles. The van der Waals surface area contributed by atoms with Crippen LogP contribution in [0.15, 0.2) is 0 Å². The predicted molar refractivity (Wildman–Crippen MR) is 109 cm³/mol. The monoisotopic (exact) mass is 455 g/mol. The zero-order valence-electron chi connectivity index (χ0n) is 15.8. The standard InChI is InChI=1S/C20H39IN.ClH/c1-5-8-10-12-14-16-18-22(4,20(21)7-3)19-17-15-13-11-9-6-2;/h3,20H,5-6,8-19H2,1-2,4H3;1H/q+1;/p-1. The van der Waals surface area contributed by atoms with Crippen molar-refractivity contribution in [2.75, 3.05) is 20.1 Å². The Hall–Kier alpha value is 0.540. The van der Waals surface area contributed by atoms with Gasteiger partial charge in [-0.25, -0.2) is 0 Å². The zero-order chi connectivity index (χ0) is 16.7. The Morgan fingerprint density at radius 1 is 0.783 bits per heavy atom. The van der Waals surface area contributed by atoms with E-state index in [1.165, 1.54) is 90.1 Å². The molecule has 0 saturated heterocycles. The van der Waals surface area contributed by atoms with E-state index in [-0.39, 0.29) is 12.4 Å². The Kier molecular flexibility index (Phi) is 19.5. The van der Waals surface area contributed by atoms with Gasteiger partial charge in [0.15, 0.2) is 4.05 Å². The molecule has 0 radical (unpaired) electrons. The summed E-state index contributed by atoms with van der Waals surface area (Å²) < 4.78 is 1.39. The molecule has 0 aliphatic rings. The highest BCUT2D eigenvalue weighted by Crippen LogP contribution is 2.21. The average Bonchev–Trinajstić information content (AvgIpc) is 2.53. The molecule has 0 aromatic carbocycles. The SMILES string of the molecule is C#CC(I)[N+](C)(CCCCCCCC)CCCCCCCC.[Cl-]. The van der Waals surface area contributed by atoms with Crippen LogP contribution >= 0.6 is 22.6 Å². The first-order chi connectivity index (χ1) is 10.6. The van der Waals surface area contributed by atoms with Gasteiger partial charge in [0.25, 0.3) is 0 Å². The van der Waals surface area contributed by atoms with Crippen molar-refractivity contribution in [3.63, 3.8) is 0 Å². The lowest BCUT2D eigenvalue weighted by molar-refractivity contribution is -0.908. The van der Waals surface area contributed by atoms with Gasteiger partial charge in [0.2, 0.25) is 0 Å². The van der Waals surface area contributed by atoms with Gasteiger partial charge < -0.3 is 16.9 Å². The second-order valence-corrected chi connectivity index (χ2v) is 8.14. The lowest BCUT2D eigenvalue weighted by Crippen LogP contribution is -3.00. The molecule has 1 atom stereocenters. The van der Waals surface area contributed by atoms with Crippen LogP contribution in [0.1, 0.15) is 90.9 Å². The predicted octanol–water partition coefficient (Wildman–Crippen LogP) is 3.55. The van der Waals surface area contributed by atoms with Gasteiger partial charge in [-0.2, -0.15) is 0 Å². The molecule has 0 spiro atoms. The van der Waals surface area contributed by atoms with Crippen molar-refractivity contribution < 1.29 is 16.9 Å². The molecule has 1 unspecified atom stereocenters. The van der Waals surface area contributed by atoms with Gasteiger partial charge in [-0.15, -0.1) is 6.42 Å². The van der Waals surface area contributed by atoms with Crippen LogP contribution in [0.2, 0.25) is 0 Å². The van der Waals surface area contributed by atoms with Gasteiger partial charge in [0.05, 0.1) is 20.1 Å². The van der Waals surface area contributed by atoms with Crippen LogP contribution in [0.5, 0.6) is 0 Å². The topological polar surface area (TPSA) is 0 Å². The largest absolute Gasteiger partial charge is 1.00 e. The van der Waals surface area contributed by atoms with E-state index < -0.39 is 0 Å². The first kappa shape index (κ1) is 25.8. The fourth-order valence-electron chi connectivity index (χ4n) is 3.03. The van der Waals surface area contributed by atoms with Crippen LogP contribution in [0.3, 0.4) is 0 Å². The summed E-state index contributed by atoms with van der Waals surface area (Å²) >= 11 is 2.47. The smallest absolute Gasteiger partial charge is 0.200 e. The van der Waals surface area contributed by atoms with Crippen LogP contribution < -0.4 is 12.4 Å². The lowest BCUT2D eigenvalue weighted by atomic mass is 10.1. The molecule has 0 aromatic heterocycles. The highest BCUT2D eigenvalue weighted by molar-refractivity contribution is 14.1. The molecule has 0 N–H and O–H groups in total. The van der Waals surface area contributed by atoms with Gasteiger partial charge in [0.1, 0.15) is 0 Å². The second-order valence-electron chi connectivity index (χ2n) is 6.96. The zero-order valence-corrected chi connectivity index (χ0v) is 18.7. The summed E-state index contributed by atoms with van der Waals surface area (Å²) in [6.07, 6.45) is 22.2. The van der Waals surface area contributed by atoms with E-state index in [2.05, 4.69) is 49.4 Å². The molecule has 0 aliphatic carbocycles. The molecule has 0 rings (SSSR count). The van der Waals surface area contributed by atoms with E-state index in [0.29, 0.717) is 4.05 Å². The third-order valence-electron chi connectivity index (χ3n) is 4.73. The Bertz CT molecular complexity index is 272. The minimum Gasteiger partial charge on any atom is -1.00 e. The van der Waals surface area contributed by atoms with Crippen LogP contribution in [-0.4, -0.2) is 28.7 Å². The van der Waals surface area contributed by atoms with Crippen LogP contribution in [0.25, 0.3) is 0 Å². The Morgan fingerprint density at radius 2 is 1.13 bits per heavy atom. The average molecular weight is 456 g/mol. The fourth-order valence-corrected chi connectivity index (χ4v) is 3.58. The highest BCUT2D eigenvalue weighted by Gasteiger charge is 2.27. The molecule has 138 valence electrons. The van der Waals surface area contributed by atoms with E-state index in [1.54, 1.807) is 0 Å². The van der Waals surface area contributed by atoms with E-state index in [9.17, 15) is 0 Å². The molecule has 0 aromatic rings. The van der Waals surface area contributed by atoms with Gasteiger partial charge in [0, 0.05) is 22.6 Å². The summed E-state index contributed by atoms with van der Waals surface area (Å²) in [4.78, 5) is 0. The number of unbranched alkanes of at least 4 members (excludes halogenated alkanes) is 10. The summed E-state index contributed by atoms with van der Waals surface area (Å²) in [5.74, 6) is 2.99. The Labute approximate surface area is 166 Å². The first-order valence-corrected chi connectivity index (χ1v) is 10.8. The van der Waals surface area contributed by atoms with Crippen molar-refractivity contribution in [2.24, 2.45) is 0 Å². The maximum atomic E-state index is 5.72. The molecule has 0 saturated carbocycles. The molecule has 23 heavy (non-hydrogen) atoms. The number of halogens is 2. The van der Waals surface area contributed by atoms with Crippen molar-refractivity contribution in [3.05, 3.63) is 0 Å². The Balaban J connectivity index is 0. The number of quaternary nitrogens is 1. The second kappa shape index (κ2) is 17.4.